The first-order valence-electron chi connectivity index (χ1n) is 8.39. The summed E-state index contributed by atoms with van der Waals surface area (Å²) in [6.07, 6.45) is 0.0396. The maximum absolute atomic E-state index is 12.4. The molecule has 0 bridgehead atoms. The number of anilines is 1. The van der Waals surface area contributed by atoms with Gasteiger partial charge in [0.25, 0.3) is 0 Å². The van der Waals surface area contributed by atoms with E-state index >= 15 is 0 Å². The number of aliphatic carboxylic acids is 2. The molecule has 1 fully saturated rings. The predicted octanol–water partition coefficient (Wildman–Crippen LogP) is 0.902. The molecule has 1 heterocycles. The summed E-state index contributed by atoms with van der Waals surface area (Å²) >= 11 is 0. The number of hydrogen-bond acceptors (Lipinski definition) is 5. The van der Waals surface area contributed by atoms with Crippen LogP contribution < -0.4 is 9.62 Å². The number of hydrogen-bond donors (Lipinski definition) is 3. The van der Waals surface area contributed by atoms with Crippen molar-refractivity contribution in [3.63, 3.8) is 0 Å². The number of nitrogens with one attached hydrogen (secondary N) is 1. The van der Waals surface area contributed by atoms with E-state index in [2.05, 4.69) is 4.72 Å². The zero-order valence-electron chi connectivity index (χ0n) is 15.0. The van der Waals surface area contributed by atoms with E-state index in [9.17, 15) is 27.9 Å². The van der Waals surface area contributed by atoms with Crippen LogP contribution in [-0.2, 0) is 24.4 Å². The van der Waals surface area contributed by atoms with Gasteiger partial charge in [-0.25, -0.2) is 8.42 Å². The molecule has 9 nitrogen and oxygen atoms in total. The van der Waals surface area contributed by atoms with E-state index in [1.54, 1.807) is 13.8 Å². The Kier molecular flexibility index (Phi) is 6.22. The summed E-state index contributed by atoms with van der Waals surface area (Å²) in [4.78, 5) is 35.4. The molecule has 0 saturated carbocycles. The number of carbonyl (C=O) groups excluding carboxylic acids is 1. The van der Waals surface area contributed by atoms with E-state index in [1.807, 2.05) is 0 Å². The lowest BCUT2D eigenvalue weighted by molar-refractivity contribution is -0.141. The first-order chi connectivity index (χ1) is 12.5. The maximum Gasteiger partial charge on any atom is 0.321 e. The van der Waals surface area contributed by atoms with Gasteiger partial charge in [0.1, 0.15) is 6.04 Å². The smallest absolute Gasteiger partial charge is 0.321 e. The zero-order valence-corrected chi connectivity index (χ0v) is 15.8. The second-order valence-electron chi connectivity index (χ2n) is 6.88. The Labute approximate surface area is 157 Å². The van der Waals surface area contributed by atoms with Crippen LogP contribution in [0.25, 0.3) is 0 Å². The Morgan fingerprint density at radius 1 is 1.22 bits per heavy atom. The number of carbonyl (C=O) groups is 3. The molecule has 3 N–H and O–H groups in total. The number of nitrogens with zero attached hydrogens (tertiary/aromatic N) is 1. The molecule has 1 amide bonds. The third kappa shape index (κ3) is 5.04. The van der Waals surface area contributed by atoms with Crippen molar-refractivity contribution in [3.05, 3.63) is 24.3 Å². The van der Waals surface area contributed by atoms with Gasteiger partial charge in [-0.1, -0.05) is 13.8 Å². The van der Waals surface area contributed by atoms with E-state index in [4.69, 9.17) is 5.11 Å². The van der Waals surface area contributed by atoms with Gasteiger partial charge < -0.3 is 15.1 Å². The molecule has 2 unspecified atom stereocenters. The highest BCUT2D eigenvalue weighted by molar-refractivity contribution is 7.89. The highest BCUT2D eigenvalue weighted by atomic mass is 32.2. The van der Waals surface area contributed by atoms with Crippen molar-refractivity contribution in [2.75, 3.05) is 11.4 Å². The molecule has 1 aromatic rings. The highest BCUT2D eigenvalue weighted by Crippen LogP contribution is 2.26. The van der Waals surface area contributed by atoms with Crippen LogP contribution in [-0.4, -0.2) is 49.1 Å². The van der Waals surface area contributed by atoms with Crippen LogP contribution in [0.3, 0.4) is 0 Å². The van der Waals surface area contributed by atoms with Crippen molar-refractivity contribution in [1.82, 2.24) is 4.72 Å². The SMILES string of the molecule is CC(C)CC(NS(=O)(=O)c1ccc(N2CC(C(=O)O)CC2=O)cc1)C(=O)O. The minimum Gasteiger partial charge on any atom is -0.481 e. The van der Waals surface area contributed by atoms with Crippen molar-refractivity contribution in [2.24, 2.45) is 11.8 Å². The molecule has 1 aromatic carbocycles. The summed E-state index contributed by atoms with van der Waals surface area (Å²) in [5.74, 6) is -3.47. The monoisotopic (exact) mass is 398 g/mol. The molecule has 10 heteroatoms. The van der Waals surface area contributed by atoms with Gasteiger partial charge in [0.05, 0.1) is 10.8 Å². The number of rotatable bonds is 8. The largest absolute Gasteiger partial charge is 0.481 e. The quantitative estimate of drug-likeness (QED) is 0.591. The number of benzene rings is 1. The Morgan fingerprint density at radius 2 is 1.81 bits per heavy atom. The predicted molar refractivity (Wildman–Crippen MR) is 95.7 cm³/mol. The third-order valence-corrected chi connectivity index (χ3v) is 5.72. The van der Waals surface area contributed by atoms with Crippen LogP contribution in [0.2, 0.25) is 0 Å². The van der Waals surface area contributed by atoms with Crippen LogP contribution in [0, 0.1) is 11.8 Å². The van der Waals surface area contributed by atoms with E-state index in [-0.39, 0.29) is 36.1 Å². The lowest BCUT2D eigenvalue weighted by Gasteiger charge is -2.18. The van der Waals surface area contributed by atoms with Gasteiger partial charge in [-0.05, 0) is 36.6 Å². The summed E-state index contributed by atoms with van der Waals surface area (Å²) < 4.78 is 27.0. The van der Waals surface area contributed by atoms with E-state index in [0.717, 1.165) is 0 Å². The molecular formula is C17H22N2O7S. The summed E-state index contributed by atoms with van der Waals surface area (Å²) in [5, 5.41) is 18.2. The van der Waals surface area contributed by atoms with E-state index in [1.165, 1.54) is 29.2 Å². The summed E-state index contributed by atoms with van der Waals surface area (Å²) in [7, 11) is -4.06. The number of amides is 1. The first-order valence-corrected chi connectivity index (χ1v) is 9.88. The molecule has 0 radical (unpaired) electrons. The topological polar surface area (TPSA) is 141 Å². The Balaban J connectivity index is 2.17. The molecule has 0 aliphatic carbocycles. The summed E-state index contributed by atoms with van der Waals surface area (Å²) in [6, 6.07) is 4.07. The molecule has 2 atom stereocenters. The van der Waals surface area contributed by atoms with Crippen LogP contribution in [0.4, 0.5) is 5.69 Å². The van der Waals surface area contributed by atoms with Crippen molar-refractivity contribution >= 4 is 33.6 Å². The minimum atomic E-state index is -4.06. The Morgan fingerprint density at radius 3 is 2.26 bits per heavy atom. The standard InChI is InChI=1S/C17H22N2O7S/c1-10(2)7-14(17(23)24)18-27(25,26)13-5-3-12(4-6-13)19-9-11(16(21)22)8-15(19)20/h3-6,10-11,14,18H,7-9H2,1-2H3,(H,21,22)(H,23,24). The lowest BCUT2D eigenvalue weighted by Crippen LogP contribution is -2.41. The van der Waals surface area contributed by atoms with E-state index < -0.39 is 33.9 Å². The summed E-state index contributed by atoms with van der Waals surface area (Å²) in [5.41, 5.74) is 0.389. The number of sulfonamides is 1. The molecule has 0 aromatic heterocycles. The normalized spacial score (nSPS) is 18.7. The molecule has 1 aliphatic heterocycles. The second-order valence-corrected chi connectivity index (χ2v) is 8.59. The second kappa shape index (κ2) is 8.05. The van der Waals surface area contributed by atoms with Gasteiger partial charge in [-0.3, -0.25) is 14.4 Å². The number of carboxylic acids is 2. The van der Waals surface area contributed by atoms with Crippen LogP contribution in [0.15, 0.2) is 29.2 Å². The molecule has 2 rings (SSSR count). The molecule has 1 aliphatic rings. The average molecular weight is 398 g/mol. The molecule has 27 heavy (non-hydrogen) atoms. The van der Waals surface area contributed by atoms with Gasteiger partial charge >= 0.3 is 11.9 Å². The molecule has 0 spiro atoms. The average Bonchev–Trinajstić information content (AvgIpc) is 2.96. The lowest BCUT2D eigenvalue weighted by atomic mass is 10.1. The van der Waals surface area contributed by atoms with Crippen molar-refractivity contribution < 1.29 is 33.0 Å². The third-order valence-electron chi connectivity index (χ3n) is 4.24. The van der Waals surface area contributed by atoms with Crippen LogP contribution in [0.5, 0.6) is 0 Å². The Bertz CT molecular complexity index is 833. The fraction of sp³-hybridized carbons (Fsp3) is 0.471. The first kappa shape index (κ1) is 20.8. The van der Waals surface area contributed by atoms with Crippen molar-refractivity contribution in [3.8, 4) is 0 Å². The van der Waals surface area contributed by atoms with Crippen molar-refractivity contribution in [2.45, 2.75) is 37.6 Å². The van der Waals surface area contributed by atoms with Gasteiger partial charge in [0.15, 0.2) is 0 Å². The van der Waals surface area contributed by atoms with Gasteiger partial charge in [0, 0.05) is 18.7 Å². The maximum atomic E-state index is 12.4. The fourth-order valence-corrected chi connectivity index (χ4v) is 4.06. The molecule has 1 saturated heterocycles. The van der Waals surface area contributed by atoms with Crippen molar-refractivity contribution in [1.29, 1.82) is 0 Å². The minimum absolute atomic E-state index is 0.0143. The molecule has 148 valence electrons. The van der Waals surface area contributed by atoms with E-state index in [0.29, 0.717) is 5.69 Å². The van der Waals surface area contributed by atoms with Crippen LogP contribution in [0.1, 0.15) is 26.7 Å². The summed E-state index contributed by atoms with van der Waals surface area (Å²) in [6.45, 7) is 3.60. The molecular weight excluding hydrogens is 376 g/mol. The van der Waals surface area contributed by atoms with Gasteiger partial charge in [0.2, 0.25) is 15.9 Å². The fourth-order valence-electron chi connectivity index (χ4n) is 2.85. The zero-order chi connectivity index (χ0) is 20.4. The Hall–Kier alpha value is -2.46. The van der Waals surface area contributed by atoms with Gasteiger partial charge in [-0.2, -0.15) is 4.72 Å². The highest BCUT2D eigenvalue weighted by Gasteiger charge is 2.35. The number of carboxylic acid groups (broad SMARTS) is 2. The van der Waals surface area contributed by atoms with Gasteiger partial charge in [-0.15, -0.1) is 0 Å². The van der Waals surface area contributed by atoms with Crippen LogP contribution >= 0.6 is 0 Å².